The first kappa shape index (κ1) is 19.2. The van der Waals surface area contributed by atoms with Crippen LogP contribution in [0.1, 0.15) is 18.1 Å². The summed E-state index contributed by atoms with van der Waals surface area (Å²) in [7, 11) is 2.15. The van der Waals surface area contributed by atoms with Crippen molar-refractivity contribution in [3.8, 4) is 5.75 Å². The molecule has 0 saturated carbocycles. The number of fused-ring (bicyclic) bond motifs is 3. The van der Waals surface area contributed by atoms with Crippen LogP contribution in [0, 0.1) is 0 Å². The topological polar surface area (TPSA) is 96.3 Å². The third-order valence-electron chi connectivity index (χ3n) is 3.98. The normalized spacial score (nSPS) is 22.6. The molecule has 1 aromatic rings. The number of hydrogen-bond acceptors (Lipinski definition) is 5. The lowest BCUT2D eigenvalue weighted by molar-refractivity contribution is -0.134. The van der Waals surface area contributed by atoms with Crippen molar-refractivity contribution in [1.82, 2.24) is 4.90 Å². The number of likely N-dealkylation sites (N-methyl/N-ethyl adjacent to an activating group) is 1. The average molecular weight is 370 g/mol. The van der Waals surface area contributed by atoms with E-state index in [2.05, 4.69) is 11.9 Å². The Hall–Kier alpha value is -2.09. The first-order valence-corrected chi connectivity index (χ1v) is 8.14. The number of aliphatic carboxylic acids is 2. The van der Waals surface area contributed by atoms with Crippen LogP contribution in [0.5, 0.6) is 5.75 Å². The molecule has 2 heterocycles. The number of benzene rings is 1. The second kappa shape index (κ2) is 8.84. The van der Waals surface area contributed by atoms with Crippen LogP contribution in [0.25, 0.3) is 0 Å². The van der Waals surface area contributed by atoms with Crippen molar-refractivity contribution in [3.05, 3.63) is 40.9 Å². The van der Waals surface area contributed by atoms with Gasteiger partial charge in [0, 0.05) is 35.3 Å². The summed E-state index contributed by atoms with van der Waals surface area (Å²) in [6.07, 6.45) is 2.20. The van der Waals surface area contributed by atoms with Crippen LogP contribution in [-0.4, -0.2) is 59.9 Å². The Labute approximate surface area is 150 Å². The number of hydrogen-bond donors (Lipinski definition) is 2. The molecule has 0 amide bonds. The summed E-state index contributed by atoms with van der Waals surface area (Å²) in [5, 5.41) is 16.4. The second-order valence-corrected chi connectivity index (χ2v) is 6.10. The summed E-state index contributed by atoms with van der Waals surface area (Å²) < 4.78 is 11.7. The summed E-state index contributed by atoms with van der Waals surface area (Å²) in [6, 6.07) is 6.17. The molecule has 7 nitrogen and oxygen atoms in total. The Bertz CT molecular complexity index is 647. The maximum Gasteiger partial charge on any atom is 0.328 e. The minimum atomic E-state index is -1.26. The second-order valence-electron chi connectivity index (χ2n) is 5.67. The molecule has 136 valence electrons. The van der Waals surface area contributed by atoms with E-state index < -0.39 is 11.9 Å². The summed E-state index contributed by atoms with van der Waals surface area (Å²) in [6.45, 7) is 2.49. The lowest BCUT2D eigenvalue weighted by atomic mass is 9.97. The van der Waals surface area contributed by atoms with E-state index in [0.29, 0.717) is 18.2 Å². The summed E-state index contributed by atoms with van der Waals surface area (Å²) >= 11 is 6.07. The van der Waals surface area contributed by atoms with Gasteiger partial charge in [-0.15, -0.1) is 0 Å². The van der Waals surface area contributed by atoms with Gasteiger partial charge in [-0.1, -0.05) is 11.6 Å². The highest BCUT2D eigenvalue weighted by atomic mass is 35.5. The van der Waals surface area contributed by atoms with E-state index in [0.717, 1.165) is 42.5 Å². The van der Waals surface area contributed by atoms with Crippen molar-refractivity contribution in [2.24, 2.45) is 0 Å². The molecule has 0 aliphatic carbocycles. The van der Waals surface area contributed by atoms with Gasteiger partial charge in [-0.25, -0.2) is 9.59 Å². The van der Waals surface area contributed by atoms with Crippen LogP contribution in [0.3, 0.4) is 0 Å². The molecule has 1 saturated heterocycles. The van der Waals surface area contributed by atoms with Gasteiger partial charge in [0.2, 0.25) is 0 Å². The highest BCUT2D eigenvalue weighted by molar-refractivity contribution is 6.30. The highest BCUT2D eigenvalue weighted by Crippen LogP contribution is 2.38. The van der Waals surface area contributed by atoms with Gasteiger partial charge >= 0.3 is 11.9 Å². The zero-order valence-electron chi connectivity index (χ0n) is 13.7. The zero-order valence-corrected chi connectivity index (χ0v) is 14.5. The molecule has 2 aliphatic rings. The van der Waals surface area contributed by atoms with Crippen LogP contribution in [0.4, 0.5) is 0 Å². The molecule has 0 spiro atoms. The van der Waals surface area contributed by atoms with Gasteiger partial charge in [0.25, 0.3) is 0 Å². The fourth-order valence-corrected chi connectivity index (χ4v) is 2.99. The standard InChI is InChI=1S/C13H16ClNO2.C4H4O4/c1-15-5-7-17-13-10-8-9(14)2-3-12(10)16-6-4-11(13)15;5-3(6)1-2-4(7)8/h2-3,8,11,13H,4-7H2,1H3;1-2H,(H,5,6)(H,7,8)/b;2-1-/t11-,13-;/m1./s1. The monoisotopic (exact) mass is 369 g/mol. The molecule has 0 aromatic heterocycles. The van der Waals surface area contributed by atoms with E-state index in [9.17, 15) is 9.59 Å². The van der Waals surface area contributed by atoms with E-state index in [1.165, 1.54) is 0 Å². The van der Waals surface area contributed by atoms with Crippen LogP contribution < -0.4 is 4.74 Å². The number of ether oxygens (including phenoxy) is 2. The number of carboxylic acid groups (broad SMARTS) is 2. The van der Waals surface area contributed by atoms with Crippen molar-refractivity contribution >= 4 is 23.5 Å². The summed E-state index contributed by atoms with van der Waals surface area (Å²) in [5.41, 5.74) is 1.09. The largest absolute Gasteiger partial charge is 0.493 e. The summed E-state index contributed by atoms with van der Waals surface area (Å²) in [4.78, 5) is 21.5. The van der Waals surface area contributed by atoms with Crippen LogP contribution in [0.15, 0.2) is 30.4 Å². The van der Waals surface area contributed by atoms with E-state index in [1.807, 2.05) is 18.2 Å². The van der Waals surface area contributed by atoms with E-state index in [1.54, 1.807) is 0 Å². The molecule has 2 aliphatic heterocycles. The van der Waals surface area contributed by atoms with Crippen LogP contribution >= 0.6 is 11.6 Å². The molecule has 3 rings (SSSR count). The number of morpholine rings is 1. The maximum absolute atomic E-state index is 9.55. The van der Waals surface area contributed by atoms with E-state index in [4.69, 9.17) is 31.3 Å². The number of rotatable bonds is 2. The molecule has 2 N–H and O–H groups in total. The predicted molar refractivity (Wildman–Crippen MR) is 91.1 cm³/mol. The quantitative estimate of drug-likeness (QED) is 0.771. The number of halogens is 1. The van der Waals surface area contributed by atoms with Gasteiger partial charge in [0.15, 0.2) is 0 Å². The van der Waals surface area contributed by atoms with Crippen molar-refractivity contribution in [2.45, 2.75) is 18.6 Å². The molecule has 0 radical (unpaired) electrons. The number of carbonyl (C=O) groups is 2. The third-order valence-corrected chi connectivity index (χ3v) is 4.21. The lowest BCUT2D eigenvalue weighted by Gasteiger charge is -2.38. The van der Waals surface area contributed by atoms with Gasteiger partial charge < -0.3 is 19.7 Å². The van der Waals surface area contributed by atoms with Crippen molar-refractivity contribution < 1.29 is 29.3 Å². The smallest absolute Gasteiger partial charge is 0.328 e. The number of carboxylic acids is 2. The van der Waals surface area contributed by atoms with Crippen LogP contribution in [-0.2, 0) is 14.3 Å². The Morgan fingerprint density at radius 3 is 2.56 bits per heavy atom. The SMILES string of the molecule is CN1CCO[C@@H]2c3cc(Cl)ccc3OCC[C@H]21.O=C(O)/C=C\C(=O)O. The molecule has 25 heavy (non-hydrogen) atoms. The Morgan fingerprint density at radius 1 is 1.24 bits per heavy atom. The molecule has 0 bridgehead atoms. The minimum Gasteiger partial charge on any atom is -0.493 e. The molecule has 1 fully saturated rings. The van der Waals surface area contributed by atoms with Crippen LogP contribution in [0.2, 0.25) is 5.02 Å². The maximum atomic E-state index is 9.55. The third kappa shape index (κ3) is 5.45. The minimum absolute atomic E-state index is 0.0879. The summed E-state index contributed by atoms with van der Waals surface area (Å²) in [5.74, 6) is -1.60. The van der Waals surface area contributed by atoms with Crippen molar-refractivity contribution in [3.63, 3.8) is 0 Å². The van der Waals surface area contributed by atoms with Crippen molar-refractivity contribution in [2.75, 3.05) is 26.8 Å². The van der Waals surface area contributed by atoms with Gasteiger partial charge in [-0.05, 0) is 31.7 Å². The molecule has 2 atom stereocenters. The first-order chi connectivity index (χ1) is 11.9. The van der Waals surface area contributed by atoms with Gasteiger partial charge in [0.05, 0.1) is 13.2 Å². The van der Waals surface area contributed by atoms with Gasteiger partial charge in [-0.2, -0.15) is 0 Å². The predicted octanol–water partition coefficient (Wildman–Crippen LogP) is 2.21. The molecular formula is C17H20ClNO6. The molecule has 8 heteroatoms. The highest BCUT2D eigenvalue weighted by Gasteiger charge is 2.35. The Morgan fingerprint density at radius 2 is 1.92 bits per heavy atom. The zero-order chi connectivity index (χ0) is 18.4. The fraction of sp³-hybridized carbons (Fsp3) is 0.412. The van der Waals surface area contributed by atoms with Gasteiger partial charge in [0.1, 0.15) is 11.9 Å². The van der Waals surface area contributed by atoms with Crippen molar-refractivity contribution in [1.29, 1.82) is 0 Å². The van der Waals surface area contributed by atoms with Gasteiger partial charge in [-0.3, -0.25) is 4.90 Å². The Balaban J connectivity index is 0.000000242. The first-order valence-electron chi connectivity index (χ1n) is 7.76. The molecule has 1 aromatic carbocycles. The van der Waals surface area contributed by atoms with E-state index in [-0.39, 0.29) is 6.10 Å². The number of nitrogens with zero attached hydrogens (tertiary/aromatic N) is 1. The molecular weight excluding hydrogens is 350 g/mol. The van der Waals surface area contributed by atoms with E-state index >= 15 is 0 Å². The lowest BCUT2D eigenvalue weighted by Crippen LogP contribution is -2.44. The average Bonchev–Trinajstić information content (AvgIpc) is 2.74. The molecule has 0 unspecified atom stereocenters. The Kier molecular flexibility index (Phi) is 6.81. The fourth-order valence-electron chi connectivity index (χ4n) is 2.81.